The lowest BCUT2D eigenvalue weighted by Crippen LogP contribution is -2.16. The van der Waals surface area contributed by atoms with E-state index in [-0.39, 0.29) is 11.5 Å². The smallest absolute Gasteiger partial charge is 0.335 e. The Bertz CT molecular complexity index is 771. The normalized spacial score (nSPS) is 11.3. The summed E-state index contributed by atoms with van der Waals surface area (Å²) in [7, 11) is -4.32. The van der Waals surface area contributed by atoms with Gasteiger partial charge in [0, 0.05) is 0 Å². The minimum absolute atomic E-state index is 0.261. The Balaban J connectivity index is 2.43. The molecule has 1 aromatic carbocycles. The number of hydrogen-bond donors (Lipinski definition) is 3. The maximum atomic E-state index is 13.6. The van der Waals surface area contributed by atoms with Crippen molar-refractivity contribution in [2.45, 2.75) is 11.8 Å². The summed E-state index contributed by atoms with van der Waals surface area (Å²) in [6.45, 7) is 1.55. The number of rotatable bonds is 4. The monoisotopic (exact) mass is 300 g/mol. The molecule has 0 fully saturated rings. The maximum Gasteiger partial charge on any atom is 0.335 e. The van der Waals surface area contributed by atoms with Crippen molar-refractivity contribution in [3.8, 4) is 0 Å². The average Bonchev–Trinajstić information content (AvgIpc) is 2.73. The van der Waals surface area contributed by atoms with E-state index in [0.717, 1.165) is 18.2 Å². The lowest BCUT2D eigenvalue weighted by Gasteiger charge is -2.06. The van der Waals surface area contributed by atoms with Crippen LogP contribution in [0.5, 0.6) is 0 Å². The molecule has 0 aliphatic carbocycles. The molecule has 2 rings (SSSR count). The fraction of sp³-hybridized carbons (Fsp3) is 0.100. The highest BCUT2D eigenvalue weighted by molar-refractivity contribution is 7.92. The van der Waals surface area contributed by atoms with Crippen molar-refractivity contribution in [3.05, 3.63) is 35.4 Å². The second-order valence-electron chi connectivity index (χ2n) is 3.80. The highest BCUT2D eigenvalue weighted by Crippen LogP contribution is 2.18. The zero-order chi connectivity index (χ0) is 14.9. The summed E-state index contributed by atoms with van der Waals surface area (Å²) in [5, 5.41) is 14.8. The van der Waals surface area contributed by atoms with Gasteiger partial charge in [-0.25, -0.2) is 22.3 Å². The third-order valence-corrected chi connectivity index (χ3v) is 3.63. The van der Waals surface area contributed by atoms with Crippen LogP contribution in [0.15, 0.2) is 23.1 Å². The summed E-state index contributed by atoms with van der Waals surface area (Å²) in [6, 6.07) is 2.45. The summed E-state index contributed by atoms with van der Waals surface area (Å²) in [5.74, 6) is -2.34. The molecule has 0 atom stereocenters. The minimum Gasteiger partial charge on any atom is -0.478 e. The second-order valence-corrected chi connectivity index (χ2v) is 5.45. The van der Waals surface area contributed by atoms with Crippen LogP contribution in [0.2, 0.25) is 0 Å². The van der Waals surface area contributed by atoms with Crippen LogP contribution in [-0.4, -0.2) is 34.7 Å². The number of benzene rings is 1. The van der Waals surface area contributed by atoms with E-state index in [2.05, 4.69) is 15.2 Å². The molecule has 0 bridgehead atoms. The first-order valence-corrected chi connectivity index (χ1v) is 6.72. The standard InChI is InChI=1S/C10H9FN4O4S/c1-5-12-10(14-13-5)15-20(18,19)8-4-6(9(16)17)2-3-7(8)11/h2-4H,1H3,(H,16,17)(H2,12,13,14,15). The molecule has 1 heterocycles. The number of aryl methyl sites for hydroxylation is 1. The average molecular weight is 300 g/mol. The number of hydrogen-bond acceptors (Lipinski definition) is 5. The quantitative estimate of drug-likeness (QED) is 0.765. The number of halogens is 1. The van der Waals surface area contributed by atoms with E-state index < -0.39 is 26.7 Å². The first-order chi connectivity index (χ1) is 9.29. The van der Waals surface area contributed by atoms with Gasteiger partial charge in [0.1, 0.15) is 16.5 Å². The summed E-state index contributed by atoms with van der Waals surface area (Å²) in [6.07, 6.45) is 0. The molecule has 0 saturated heterocycles. The molecule has 0 saturated carbocycles. The van der Waals surface area contributed by atoms with Crippen LogP contribution >= 0.6 is 0 Å². The van der Waals surface area contributed by atoms with Gasteiger partial charge in [0.05, 0.1) is 5.56 Å². The molecule has 0 amide bonds. The summed E-state index contributed by atoms with van der Waals surface area (Å²) >= 11 is 0. The van der Waals surface area contributed by atoms with Gasteiger partial charge in [-0.05, 0) is 25.1 Å². The number of aromatic nitrogens is 3. The zero-order valence-electron chi connectivity index (χ0n) is 10.1. The van der Waals surface area contributed by atoms with Crippen LogP contribution in [0.3, 0.4) is 0 Å². The number of carboxylic acids is 1. The van der Waals surface area contributed by atoms with E-state index in [1.54, 1.807) is 6.92 Å². The fourth-order valence-corrected chi connectivity index (χ4v) is 2.45. The highest BCUT2D eigenvalue weighted by atomic mass is 32.2. The Morgan fingerprint density at radius 3 is 2.70 bits per heavy atom. The van der Waals surface area contributed by atoms with Crippen LogP contribution in [0.4, 0.5) is 10.3 Å². The molecule has 2 aromatic rings. The molecule has 106 valence electrons. The first kappa shape index (κ1) is 13.9. The fourth-order valence-electron chi connectivity index (χ4n) is 1.41. The van der Waals surface area contributed by atoms with Crippen LogP contribution < -0.4 is 4.72 Å². The molecule has 0 spiro atoms. The molecule has 0 radical (unpaired) electrons. The lowest BCUT2D eigenvalue weighted by atomic mass is 10.2. The van der Waals surface area contributed by atoms with Crippen molar-refractivity contribution in [1.29, 1.82) is 0 Å². The molecule has 20 heavy (non-hydrogen) atoms. The number of nitrogens with one attached hydrogen (secondary N) is 2. The minimum atomic E-state index is -4.32. The topological polar surface area (TPSA) is 125 Å². The van der Waals surface area contributed by atoms with E-state index in [4.69, 9.17) is 5.11 Å². The second kappa shape index (κ2) is 4.89. The van der Waals surface area contributed by atoms with E-state index in [1.165, 1.54) is 0 Å². The van der Waals surface area contributed by atoms with Crippen LogP contribution in [0.1, 0.15) is 16.2 Å². The molecule has 0 unspecified atom stereocenters. The predicted molar refractivity (Wildman–Crippen MR) is 65.3 cm³/mol. The van der Waals surface area contributed by atoms with E-state index in [1.807, 2.05) is 4.72 Å². The molecule has 3 N–H and O–H groups in total. The molecule has 0 aliphatic rings. The Hall–Kier alpha value is -2.49. The number of H-pyrrole nitrogens is 1. The molecule has 1 aromatic heterocycles. The molecule has 8 nitrogen and oxygen atoms in total. The Morgan fingerprint density at radius 1 is 1.45 bits per heavy atom. The number of anilines is 1. The van der Waals surface area contributed by atoms with Crippen LogP contribution in [0, 0.1) is 12.7 Å². The van der Waals surface area contributed by atoms with E-state index in [0.29, 0.717) is 5.82 Å². The third kappa shape index (κ3) is 2.74. The molecule has 0 aliphatic heterocycles. The van der Waals surface area contributed by atoms with Gasteiger partial charge < -0.3 is 5.11 Å². The van der Waals surface area contributed by atoms with Gasteiger partial charge in [-0.2, -0.15) is 4.98 Å². The van der Waals surface area contributed by atoms with Crippen molar-refractivity contribution < 1.29 is 22.7 Å². The van der Waals surface area contributed by atoms with Gasteiger partial charge in [-0.1, -0.05) is 0 Å². The maximum absolute atomic E-state index is 13.6. The number of aromatic amines is 1. The number of nitrogens with zero attached hydrogens (tertiary/aromatic N) is 2. The molecular weight excluding hydrogens is 291 g/mol. The Kier molecular flexibility index (Phi) is 3.40. The lowest BCUT2D eigenvalue weighted by molar-refractivity contribution is 0.0696. The SMILES string of the molecule is Cc1nc(NS(=O)(=O)c2cc(C(=O)O)ccc2F)n[nH]1. The van der Waals surface area contributed by atoms with Crippen molar-refractivity contribution in [1.82, 2.24) is 15.2 Å². The van der Waals surface area contributed by atoms with E-state index in [9.17, 15) is 17.6 Å². The van der Waals surface area contributed by atoms with E-state index >= 15 is 0 Å². The highest BCUT2D eigenvalue weighted by Gasteiger charge is 2.22. The summed E-state index contributed by atoms with van der Waals surface area (Å²) in [4.78, 5) is 13.7. The van der Waals surface area contributed by atoms with Gasteiger partial charge >= 0.3 is 5.97 Å². The van der Waals surface area contributed by atoms with Crippen molar-refractivity contribution >= 4 is 21.9 Å². The number of carbonyl (C=O) groups is 1. The van der Waals surface area contributed by atoms with Gasteiger partial charge in [-0.15, -0.1) is 5.10 Å². The molecular formula is C10H9FN4O4S. The summed E-state index contributed by atoms with van der Waals surface area (Å²) < 4.78 is 39.5. The van der Waals surface area contributed by atoms with Crippen LogP contribution in [-0.2, 0) is 10.0 Å². The van der Waals surface area contributed by atoms with Gasteiger partial charge in [0.15, 0.2) is 0 Å². The predicted octanol–water partition coefficient (Wildman–Crippen LogP) is 0.751. The van der Waals surface area contributed by atoms with Crippen molar-refractivity contribution in [2.75, 3.05) is 4.72 Å². The first-order valence-electron chi connectivity index (χ1n) is 5.24. The van der Waals surface area contributed by atoms with Crippen molar-refractivity contribution in [2.24, 2.45) is 0 Å². The third-order valence-electron chi connectivity index (χ3n) is 2.29. The Labute approximate surface area is 112 Å². The van der Waals surface area contributed by atoms with Crippen molar-refractivity contribution in [3.63, 3.8) is 0 Å². The number of aromatic carboxylic acids is 1. The Morgan fingerprint density at radius 2 is 2.15 bits per heavy atom. The zero-order valence-corrected chi connectivity index (χ0v) is 10.9. The number of carboxylic acid groups (broad SMARTS) is 1. The summed E-state index contributed by atoms with van der Waals surface area (Å²) in [5.41, 5.74) is -0.349. The molecule has 10 heteroatoms. The van der Waals surface area contributed by atoms with Gasteiger partial charge in [0.2, 0.25) is 0 Å². The van der Waals surface area contributed by atoms with Gasteiger partial charge in [0.25, 0.3) is 16.0 Å². The number of sulfonamides is 1. The van der Waals surface area contributed by atoms with Crippen LogP contribution in [0.25, 0.3) is 0 Å². The largest absolute Gasteiger partial charge is 0.478 e. The van der Waals surface area contributed by atoms with Gasteiger partial charge in [-0.3, -0.25) is 5.10 Å².